The molecule has 0 saturated heterocycles. The molecule has 0 aliphatic heterocycles. The van der Waals surface area contributed by atoms with E-state index in [1.54, 1.807) is 0 Å². The highest BCUT2D eigenvalue weighted by molar-refractivity contribution is 5.24. The van der Waals surface area contributed by atoms with Crippen LogP contribution >= 0.6 is 0 Å². The Hall–Kier alpha value is -0.860. The Morgan fingerprint density at radius 3 is 2.58 bits per heavy atom. The van der Waals surface area contributed by atoms with Gasteiger partial charge in [-0.05, 0) is 48.8 Å². The first-order valence-electron chi connectivity index (χ1n) is 7.63. The molecule has 0 unspecified atom stereocenters. The number of rotatable bonds is 9. The van der Waals surface area contributed by atoms with E-state index in [2.05, 4.69) is 43.4 Å². The van der Waals surface area contributed by atoms with Crippen LogP contribution in [0.15, 0.2) is 24.3 Å². The highest BCUT2D eigenvalue weighted by atomic mass is 16.5. The third-order valence-corrected chi connectivity index (χ3v) is 3.67. The molecule has 0 radical (unpaired) electrons. The maximum absolute atomic E-state index is 5.61. The van der Waals surface area contributed by atoms with Crippen LogP contribution in [0, 0.1) is 5.92 Å². The van der Waals surface area contributed by atoms with E-state index >= 15 is 0 Å². The van der Waals surface area contributed by atoms with Crippen molar-refractivity contribution in [2.24, 2.45) is 5.92 Å². The largest absolute Gasteiger partial charge is 0.381 e. The molecule has 0 bridgehead atoms. The van der Waals surface area contributed by atoms with Gasteiger partial charge in [0, 0.05) is 19.8 Å². The van der Waals surface area contributed by atoms with Crippen molar-refractivity contribution in [3.63, 3.8) is 0 Å². The van der Waals surface area contributed by atoms with Gasteiger partial charge >= 0.3 is 0 Å². The van der Waals surface area contributed by atoms with E-state index in [0.29, 0.717) is 5.92 Å². The molecule has 1 aromatic rings. The van der Waals surface area contributed by atoms with Crippen LogP contribution in [0.1, 0.15) is 50.2 Å². The van der Waals surface area contributed by atoms with E-state index in [4.69, 9.17) is 4.74 Å². The van der Waals surface area contributed by atoms with E-state index in [-0.39, 0.29) is 0 Å². The Morgan fingerprint density at radius 1 is 1.21 bits per heavy atom. The van der Waals surface area contributed by atoms with E-state index < -0.39 is 0 Å². The zero-order chi connectivity index (χ0) is 13.5. The third-order valence-electron chi connectivity index (χ3n) is 3.67. The molecular formula is C17H27NO. The van der Waals surface area contributed by atoms with Gasteiger partial charge in [-0.1, -0.05) is 38.1 Å². The second kappa shape index (κ2) is 7.66. The molecule has 1 fully saturated rings. The molecule has 0 amide bonds. The second-order valence-corrected chi connectivity index (χ2v) is 5.94. The van der Waals surface area contributed by atoms with Gasteiger partial charge in [-0.2, -0.15) is 0 Å². The van der Waals surface area contributed by atoms with E-state index in [1.165, 1.54) is 24.0 Å². The molecular weight excluding hydrogens is 234 g/mol. The molecule has 1 aliphatic carbocycles. The van der Waals surface area contributed by atoms with Crippen LogP contribution in [0.5, 0.6) is 0 Å². The predicted molar refractivity (Wildman–Crippen MR) is 80.4 cm³/mol. The molecule has 106 valence electrons. The van der Waals surface area contributed by atoms with Gasteiger partial charge in [-0.15, -0.1) is 0 Å². The molecule has 1 saturated carbocycles. The average Bonchev–Trinajstić information content (AvgIpc) is 3.22. The van der Waals surface area contributed by atoms with Gasteiger partial charge in [0.2, 0.25) is 0 Å². The summed E-state index contributed by atoms with van der Waals surface area (Å²) in [5.41, 5.74) is 2.78. The van der Waals surface area contributed by atoms with Crippen molar-refractivity contribution < 1.29 is 4.74 Å². The second-order valence-electron chi connectivity index (χ2n) is 5.94. The maximum Gasteiger partial charge on any atom is 0.0494 e. The normalized spacial score (nSPS) is 15.1. The zero-order valence-corrected chi connectivity index (χ0v) is 12.3. The summed E-state index contributed by atoms with van der Waals surface area (Å²) in [7, 11) is 0. The molecule has 0 aromatic heterocycles. The van der Waals surface area contributed by atoms with Crippen molar-refractivity contribution in [2.75, 3.05) is 19.8 Å². The molecule has 1 N–H and O–H groups in total. The third kappa shape index (κ3) is 5.75. The fourth-order valence-corrected chi connectivity index (χ4v) is 2.09. The van der Waals surface area contributed by atoms with Crippen molar-refractivity contribution in [3.05, 3.63) is 35.4 Å². The van der Waals surface area contributed by atoms with Crippen molar-refractivity contribution in [1.29, 1.82) is 0 Å². The van der Waals surface area contributed by atoms with E-state index in [1.807, 2.05) is 0 Å². The average molecular weight is 261 g/mol. The molecule has 1 aliphatic rings. The lowest BCUT2D eigenvalue weighted by atomic mass is 10.0. The van der Waals surface area contributed by atoms with Gasteiger partial charge in [0.1, 0.15) is 0 Å². The SMILES string of the molecule is CC(C)c1ccc(CNCCCOCC2CC2)cc1. The molecule has 0 spiro atoms. The number of benzene rings is 1. The summed E-state index contributed by atoms with van der Waals surface area (Å²) in [6, 6.07) is 8.93. The van der Waals surface area contributed by atoms with Gasteiger partial charge in [0.25, 0.3) is 0 Å². The summed E-state index contributed by atoms with van der Waals surface area (Å²) < 4.78 is 5.61. The lowest BCUT2D eigenvalue weighted by molar-refractivity contribution is 0.122. The fourth-order valence-electron chi connectivity index (χ4n) is 2.09. The number of hydrogen-bond donors (Lipinski definition) is 1. The minimum Gasteiger partial charge on any atom is -0.381 e. The molecule has 2 nitrogen and oxygen atoms in total. The Labute approximate surface area is 117 Å². The van der Waals surface area contributed by atoms with Crippen LogP contribution in [0.4, 0.5) is 0 Å². The van der Waals surface area contributed by atoms with Crippen molar-refractivity contribution in [2.45, 2.75) is 45.6 Å². The molecule has 0 heterocycles. The minimum atomic E-state index is 0.616. The first-order valence-corrected chi connectivity index (χ1v) is 7.63. The highest BCUT2D eigenvalue weighted by Crippen LogP contribution is 2.28. The summed E-state index contributed by atoms with van der Waals surface area (Å²) in [5.74, 6) is 1.50. The minimum absolute atomic E-state index is 0.616. The molecule has 2 rings (SSSR count). The maximum atomic E-state index is 5.61. The topological polar surface area (TPSA) is 21.3 Å². The summed E-state index contributed by atoms with van der Waals surface area (Å²) in [5, 5.41) is 3.47. The predicted octanol–water partition coefficient (Wildman–Crippen LogP) is 3.72. The van der Waals surface area contributed by atoms with E-state index in [9.17, 15) is 0 Å². The summed E-state index contributed by atoms with van der Waals surface area (Å²) in [6.45, 7) is 8.34. The van der Waals surface area contributed by atoms with Crippen molar-refractivity contribution in [1.82, 2.24) is 5.32 Å². The van der Waals surface area contributed by atoms with Crippen LogP contribution in [0.3, 0.4) is 0 Å². The smallest absolute Gasteiger partial charge is 0.0494 e. The fraction of sp³-hybridized carbons (Fsp3) is 0.647. The lowest BCUT2D eigenvalue weighted by Crippen LogP contribution is -2.16. The number of nitrogens with one attached hydrogen (secondary N) is 1. The van der Waals surface area contributed by atoms with Crippen LogP contribution in [0.25, 0.3) is 0 Å². The van der Waals surface area contributed by atoms with Gasteiger partial charge in [0.05, 0.1) is 0 Å². The Bertz CT molecular complexity index is 354. The molecule has 2 heteroatoms. The number of ether oxygens (including phenoxy) is 1. The summed E-state index contributed by atoms with van der Waals surface area (Å²) in [4.78, 5) is 0. The van der Waals surface area contributed by atoms with Gasteiger partial charge in [-0.3, -0.25) is 0 Å². The van der Waals surface area contributed by atoms with Crippen LogP contribution in [0.2, 0.25) is 0 Å². The first-order chi connectivity index (χ1) is 9.25. The quantitative estimate of drug-likeness (QED) is 0.684. The summed E-state index contributed by atoms with van der Waals surface area (Å²) >= 11 is 0. The number of hydrogen-bond acceptors (Lipinski definition) is 2. The van der Waals surface area contributed by atoms with Crippen LogP contribution in [-0.4, -0.2) is 19.8 Å². The van der Waals surface area contributed by atoms with Gasteiger partial charge < -0.3 is 10.1 Å². The monoisotopic (exact) mass is 261 g/mol. The Kier molecular flexibility index (Phi) is 5.87. The van der Waals surface area contributed by atoms with E-state index in [0.717, 1.165) is 38.6 Å². The highest BCUT2D eigenvalue weighted by Gasteiger charge is 2.20. The Balaban J connectivity index is 1.52. The van der Waals surface area contributed by atoms with Crippen LogP contribution in [-0.2, 0) is 11.3 Å². The lowest BCUT2D eigenvalue weighted by Gasteiger charge is -2.08. The molecule has 0 atom stereocenters. The Morgan fingerprint density at radius 2 is 1.95 bits per heavy atom. The van der Waals surface area contributed by atoms with Gasteiger partial charge in [-0.25, -0.2) is 0 Å². The summed E-state index contributed by atoms with van der Waals surface area (Å²) in [6.07, 6.45) is 3.87. The molecule has 19 heavy (non-hydrogen) atoms. The van der Waals surface area contributed by atoms with Crippen molar-refractivity contribution in [3.8, 4) is 0 Å². The van der Waals surface area contributed by atoms with Crippen LogP contribution < -0.4 is 5.32 Å². The molecule has 1 aromatic carbocycles. The standard InChI is InChI=1S/C17H27NO/c1-14(2)17-8-6-15(7-9-17)12-18-10-3-11-19-13-16-4-5-16/h6-9,14,16,18H,3-5,10-13H2,1-2H3. The van der Waals surface area contributed by atoms with Crippen molar-refractivity contribution >= 4 is 0 Å². The van der Waals surface area contributed by atoms with Gasteiger partial charge in [0.15, 0.2) is 0 Å². The zero-order valence-electron chi connectivity index (χ0n) is 12.3. The first kappa shape index (κ1) is 14.5.